The van der Waals surface area contributed by atoms with Gasteiger partial charge >= 0.3 is 0 Å². The van der Waals surface area contributed by atoms with Gasteiger partial charge in [0.2, 0.25) is 0 Å². The predicted octanol–water partition coefficient (Wildman–Crippen LogP) is 4.48. The molecule has 0 unspecified atom stereocenters. The molecule has 1 aliphatic heterocycles. The smallest absolute Gasteiger partial charge is 0.259 e. The molecule has 0 bridgehead atoms. The van der Waals surface area contributed by atoms with Gasteiger partial charge in [0, 0.05) is 25.3 Å². The van der Waals surface area contributed by atoms with E-state index in [2.05, 4.69) is 15.5 Å². The van der Waals surface area contributed by atoms with E-state index in [-0.39, 0.29) is 5.91 Å². The van der Waals surface area contributed by atoms with Crippen molar-refractivity contribution >= 4 is 11.6 Å². The van der Waals surface area contributed by atoms with Gasteiger partial charge in [-0.05, 0) is 50.1 Å². The van der Waals surface area contributed by atoms with Crippen LogP contribution in [-0.2, 0) is 17.7 Å². The number of hydrogen-bond donors (Lipinski definition) is 1. The summed E-state index contributed by atoms with van der Waals surface area (Å²) in [7, 11) is 0. The molecular weight excluding hydrogens is 411 g/mol. The number of halogens is 1. The zero-order chi connectivity index (χ0) is 22.3. The van der Waals surface area contributed by atoms with Gasteiger partial charge in [0.15, 0.2) is 5.82 Å². The van der Waals surface area contributed by atoms with Crippen molar-refractivity contribution < 1.29 is 18.7 Å². The number of fused-ring (bicyclic) bond motifs is 1. The van der Waals surface area contributed by atoms with E-state index in [1.807, 2.05) is 11.5 Å². The van der Waals surface area contributed by atoms with Gasteiger partial charge in [-0.2, -0.15) is 0 Å². The van der Waals surface area contributed by atoms with Crippen LogP contribution in [0.1, 0.15) is 42.4 Å². The number of carbonyl (C=O) groups excluding carboxylic acids is 1. The van der Waals surface area contributed by atoms with Crippen LogP contribution in [0.4, 0.5) is 10.1 Å². The number of para-hydroxylation sites is 1. The molecule has 1 aliphatic rings. The first kappa shape index (κ1) is 22.0. The van der Waals surface area contributed by atoms with Crippen LogP contribution in [0.25, 0.3) is 11.4 Å². The highest BCUT2D eigenvalue weighted by Crippen LogP contribution is 2.28. The molecule has 0 fully saturated rings. The van der Waals surface area contributed by atoms with Crippen molar-refractivity contribution in [3.63, 3.8) is 0 Å². The van der Waals surface area contributed by atoms with E-state index in [1.165, 1.54) is 12.1 Å². The Balaban J connectivity index is 1.54. The quantitative estimate of drug-likeness (QED) is 0.525. The lowest BCUT2D eigenvalue weighted by atomic mass is 10.1. The van der Waals surface area contributed by atoms with Crippen LogP contribution in [0, 0.1) is 5.82 Å². The van der Waals surface area contributed by atoms with Crippen molar-refractivity contribution in [2.45, 2.75) is 39.2 Å². The summed E-state index contributed by atoms with van der Waals surface area (Å²) in [6.45, 7) is 4.07. The monoisotopic (exact) mass is 438 g/mol. The first-order valence-corrected chi connectivity index (χ1v) is 11.0. The highest BCUT2D eigenvalue weighted by Gasteiger charge is 2.20. The third-order valence-corrected chi connectivity index (χ3v) is 5.40. The highest BCUT2D eigenvalue weighted by atomic mass is 19.1. The summed E-state index contributed by atoms with van der Waals surface area (Å²) in [6, 6.07) is 11.5. The van der Waals surface area contributed by atoms with E-state index in [0.717, 1.165) is 38.1 Å². The van der Waals surface area contributed by atoms with Crippen LogP contribution >= 0.6 is 0 Å². The fourth-order valence-electron chi connectivity index (χ4n) is 3.79. The van der Waals surface area contributed by atoms with Crippen LogP contribution in [0.3, 0.4) is 0 Å². The van der Waals surface area contributed by atoms with Crippen LogP contribution in [-0.4, -0.2) is 40.5 Å². The molecular formula is C24H27FN4O3. The molecule has 8 heteroatoms. The summed E-state index contributed by atoms with van der Waals surface area (Å²) < 4.78 is 27.7. The summed E-state index contributed by atoms with van der Waals surface area (Å²) in [5.74, 6) is 1.10. The van der Waals surface area contributed by atoms with E-state index >= 15 is 0 Å². The van der Waals surface area contributed by atoms with Gasteiger partial charge in [0.25, 0.3) is 5.91 Å². The molecule has 2 aromatic carbocycles. The highest BCUT2D eigenvalue weighted by molar-refractivity contribution is 6.06. The number of aromatic nitrogens is 3. The number of anilines is 1. The minimum absolute atomic E-state index is 0.324. The van der Waals surface area contributed by atoms with E-state index in [0.29, 0.717) is 48.2 Å². The molecule has 2 heterocycles. The second kappa shape index (κ2) is 10.4. The van der Waals surface area contributed by atoms with Gasteiger partial charge in [-0.25, -0.2) is 4.39 Å². The molecule has 4 rings (SSSR count). The lowest BCUT2D eigenvalue weighted by Crippen LogP contribution is -2.15. The normalized spacial score (nSPS) is 13.3. The topological polar surface area (TPSA) is 78.3 Å². The molecule has 0 radical (unpaired) electrons. The number of hydrogen-bond acceptors (Lipinski definition) is 5. The summed E-state index contributed by atoms with van der Waals surface area (Å²) in [6.07, 6.45) is 4.03. The van der Waals surface area contributed by atoms with E-state index < -0.39 is 5.82 Å². The number of amides is 1. The number of ether oxygens (including phenoxy) is 2. The Hall–Kier alpha value is -3.26. The Morgan fingerprint density at radius 3 is 2.88 bits per heavy atom. The Kier molecular flexibility index (Phi) is 7.11. The summed E-state index contributed by atoms with van der Waals surface area (Å²) >= 11 is 0. The molecule has 0 spiro atoms. The molecule has 1 N–H and O–H groups in total. The number of benzene rings is 2. The van der Waals surface area contributed by atoms with Crippen molar-refractivity contribution in [2.75, 3.05) is 25.1 Å². The number of rotatable bonds is 8. The molecule has 0 aliphatic carbocycles. The van der Waals surface area contributed by atoms with E-state index in [9.17, 15) is 9.18 Å². The van der Waals surface area contributed by atoms with E-state index in [4.69, 9.17) is 9.47 Å². The summed E-state index contributed by atoms with van der Waals surface area (Å²) in [5, 5.41) is 11.3. The maximum absolute atomic E-state index is 14.7. The van der Waals surface area contributed by atoms with Gasteiger partial charge in [0.1, 0.15) is 24.0 Å². The van der Waals surface area contributed by atoms with Crippen molar-refractivity contribution in [3.05, 3.63) is 59.7 Å². The second-order valence-electron chi connectivity index (χ2n) is 7.59. The Labute approximate surface area is 186 Å². The number of aryl methyl sites for hydroxylation is 1. The molecule has 7 nitrogen and oxygen atoms in total. The number of nitrogens with zero attached hydrogens (tertiary/aromatic N) is 3. The molecule has 3 aromatic rings. The zero-order valence-electron chi connectivity index (χ0n) is 18.1. The molecule has 0 atom stereocenters. The lowest BCUT2D eigenvalue weighted by molar-refractivity contribution is 0.0998. The molecule has 0 saturated heterocycles. The maximum atomic E-state index is 14.7. The van der Waals surface area contributed by atoms with Crippen molar-refractivity contribution in [2.24, 2.45) is 0 Å². The van der Waals surface area contributed by atoms with Gasteiger partial charge < -0.3 is 19.4 Å². The molecule has 0 saturated carbocycles. The Morgan fingerprint density at radius 1 is 1.12 bits per heavy atom. The number of carbonyl (C=O) groups is 1. The van der Waals surface area contributed by atoms with Crippen LogP contribution in [0.2, 0.25) is 0 Å². The summed E-state index contributed by atoms with van der Waals surface area (Å²) in [5.41, 5.74) is 1.19. The third-order valence-electron chi connectivity index (χ3n) is 5.40. The minimum Gasteiger partial charge on any atom is -0.490 e. The summed E-state index contributed by atoms with van der Waals surface area (Å²) in [4.78, 5) is 12.9. The van der Waals surface area contributed by atoms with Crippen molar-refractivity contribution in [3.8, 4) is 17.1 Å². The van der Waals surface area contributed by atoms with Crippen molar-refractivity contribution in [1.82, 2.24) is 14.8 Å². The number of nitrogens with one attached hydrogen (secondary N) is 1. The van der Waals surface area contributed by atoms with E-state index in [1.54, 1.807) is 30.3 Å². The average Bonchev–Trinajstić information content (AvgIpc) is 3.05. The standard InChI is InChI=1S/C24H27FN4O3/c1-2-31-14-15-32-21-9-6-5-8-18(21)24(30)26-17-11-12-20(25)19(16-17)23-28-27-22-10-4-3-7-13-29(22)23/h5-6,8-9,11-12,16H,2-4,7,10,13-15H2,1H3,(H,26,30). The zero-order valence-corrected chi connectivity index (χ0v) is 18.1. The molecule has 32 heavy (non-hydrogen) atoms. The third kappa shape index (κ3) is 4.96. The fourth-order valence-corrected chi connectivity index (χ4v) is 3.79. The minimum atomic E-state index is -0.401. The largest absolute Gasteiger partial charge is 0.490 e. The van der Waals surface area contributed by atoms with Crippen LogP contribution in [0.15, 0.2) is 42.5 Å². The second-order valence-corrected chi connectivity index (χ2v) is 7.59. The van der Waals surface area contributed by atoms with Gasteiger partial charge in [-0.15, -0.1) is 10.2 Å². The first-order valence-electron chi connectivity index (χ1n) is 11.0. The molecule has 1 aromatic heterocycles. The van der Waals surface area contributed by atoms with Crippen LogP contribution < -0.4 is 10.1 Å². The predicted molar refractivity (Wildman–Crippen MR) is 119 cm³/mol. The van der Waals surface area contributed by atoms with Crippen LogP contribution in [0.5, 0.6) is 5.75 Å². The van der Waals surface area contributed by atoms with Gasteiger partial charge in [0.05, 0.1) is 17.7 Å². The molecule has 168 valence electrons. The maximum Gasteiger partial charge on any atom is 0.259 e. The fraction of sp³-hybridized carbons (Fsp3) is 0.375. The SMILES string of the molecule is CCOCCOc1ccccc1C(=O)Nc1ccc(F)c(-c2nnc3n2CCCCC3)c1. The average molecular weight is 439 g/mol. The Bertz CT molecular complexity index is 1080. The lowest BCUT2D eigenvalue weighted by Gasteiger charge is -2.13. The Morgan fingerprint density at radius 2 is 2.00 bits per heavy atom. The first-order chi connectivity index (χ1) is 15.7. The van der Waals surface area contributed by atoms with Gasteiger partial charge in [-0.3, -0.25) is 4.79 Å². The molecule has 1 amide bonds. The van der Waals surface area contributed by atoms with Gasteiger partial charge in [-0.1, -0.05) is 18.6 Å². The van der Waals surface area contributed by atoms with Crippen molar-refractivity contribution in [1.29, 1.82) is 0 Å².